The van der Waals surface area contributed by atoms with Gasteiger partial charge in [-0.15, -0.1) is 0 Å². The third-order valence-electron chi connectivity index (χ3n) is 3.20. The Kier molecular flexibility index (Phi) is 4.09. The monoisotopic (exact) mass is 234 g/mol. The van der Waals surface area contributed by atoms with Gasteiger partial charge >= 0.3 is 5.97 Å². The zero-order chi connectivity index (χ0) is 12.1. The number of piperidine rings is 1. The third kappa shape index (κ3) is 3.82. The van der Waals surface area contributed by atoms with Crippen LogP contribution in [-0.4, -0.2) is 34.0 Å². The summed E-state index contributed by atoms with van der Waals surface area (Å²) in [5.41, 5.74) is 1.20. The Balaban J connectivity index is 1.87. The van der Waals surface area contributed by atoms with Gasteiger partial charge in [0, 0.05) is 31.9 Å². The van der Waals surface area contributed by atoms with E-state index in [0.29, 0.717) is 12.3 Å². The molecule has 0 aliphatic carbocycles. The average molecular weight is 234 g/mol. The number of carbonyl (C=O) groups is 1. The molecule has 0 radical (unpaired) electrons. The Labute approximate surface area is 101 Å². The molecule has 4 nitrogen and oxygen atoms in total. The van der Waals surface area contributed by atoms with Crippen LogP contribution >= 0.6 is 0 Å². The van der Waals surface area contributed by atoms with Crippen LogP contribution in [0.3, 0.4) is 0 Å². The van der Waals surface area contributed by atoms with E-state index in [1.54, 1.807) is 6.20 Å². The highest BCUT2D eigenvalue weighted by Crippen LogP contribution is 2.20. The fourth-order valence-corrected chi connectivity index (χ4v) is 2.46. The van der Waals surface area contributed by atoms with Gasteiger partial charge in [0.2, 0.25) is 0 Å². The highest BCUT2D eigenvalue weighted by molar-refractivity contribution is 5.67. The Bertz CT molecular complexity index is 367. The molecule has 0 spiro atoms. The molecule has 1 fully saturated rings. The number of nitrogens with zero attached hydrogens (tertiary/aromatic N) is 2. The van der Waals surface area contributed by atoms with Gasteiger partial charge in [-0.1, -0.05) is 6.07 Å². The van der Waals surface area contributed by atoms with Crippen molar-refractivity contribution in [3.8, 4) is 0 Å². The minimum Gasteiger partial charge on any atom is -0.481 e. The van der Waals surface area contributed by atoms with Gasteiger partial charge in [-0.3, -0.25) is 14.7 Å². The van der Waals surface area contributed by atoms with Gasteiger partial charge in [0.25, 0.3) is 0 Å². The summed E-state index contributed by atoms with van der Waals surface area (Å²) in [5.74, 6) is -0.379. The van der Waals surface area contributed by atoms with Crippen molar-refractivity contribution in [1.29, 1.82) is 0 Å². The minimum atomic E-state index is -0.682. The number of aliphatic carboxylic acids is 1. The third-order valence-corrected chi connectivity index (χ3v) is 3.20. The highest BCUT2D eigenvalue weighted by Gasteiger charge is 2.21. The molecule has 2 heterocycles. The van der Waals surface area contributed by atoms with Crippen molar-refractivity contribution < 1.29 is 9.90 Å². The standard InChI is InChI=1S/C13H18N2O2/c16-13(17)7-11-4-2-6-15(9-11)10-12-3-1-5-14-8-12/h1,3,5,8,11H,2,4,6-7,9-10H2,(H,16,17). The van der Waals surface area contributed by atoms with E-state index in [2.05, 4.69) is 16.0 Å². The summed E-state index contributed by atoms with van der Waals surface area (Å²) in [4.78, 5) is 17.1. The molecule has 0 bridgehead atoms. The van der Waals surface area contributed by atoms with Crippen LogP contribution in [0.5, 0.6) is 0 Å². The van der Waals surface area contributed by atoms with E-state index in [0.717, 1.165) is 32.5 Å². The van der Waals surface area contributed by atoms with Crippen LogP contribution in [0.4, 0.5) is 0 Å². The Morgan fingerprint density at radius 2 is 2.47 bits per heavy atom. The molecule has 1 aromatic heterocycles. The van der Waals surface area contributed by atoms with Crippen molar-refractivity contribution in [2.75, 3.05) is 13.1 Å². The average Bonchev–Trinajstić information content (AvgIpc) is 2.30. The predicted molar refractivity (Wildman–Crippen MR) is 64.5 cm³/mol. The van der Waals surface area contributed by atoms with Crippen molar-refractivity contribution in [3.05, 3.63) is 30.1 Å². The maximum Gasteiger partial charge on any atom is 0.303 e. The van der Waals surface area contributed by atoms with Gasteiger partial charge < -0.3 is 5.11 Å². The lowest BCUT2D eigenvalue weighted by Crippen LogP contribution is -2.35. The second-order valence-electron chi connectivity index (χ2n) is 4.70. The van der Waals surface area contributed by atoms with Crippen LogP contribution in [-0.2, 0) is 11.3 Å². The molecular weight excluding hydrogens is 216 g/mol. The summed E-state index contributed by atoms with van der Waals surface area (Å²) in [6.45, 7) is 2.83. The Morgan fingerprint density at radius 1 is 1.59 bits per heavy atom. The molecule has 92 valence electrons. The predicted octanol–water partition coefficient (Wildman–Crippen LogP) is 1.77. The fourth-order valence-electron chi connectivity index (χ4n) is 2.46. The van der Waals surface area contributed by atoms with E-state index in [9.17, 15) is 4.79 Å². The molecule has 0 aromatic carbocycles. The fraction of sp³-hybridized carbons (Fsp3) is 0.538. The van der Waals surface area contributed by atoms with Gasteiger partial charge in [0.15, 0.2) is 0 Å². The second-order valence-corrected chi connectivity index (χ2v) is 4.70. The molecule has 2 rings (SSSR count). The first-order valence-corrected chi connectivity index (χ1v) is 6.07. The molecule has 1 saturated heterocycles. The molecular formula is C13H18N2O2. The van der Waals surface area contributed by atoms with Crippen LogP contribution in [0.15, 0.2) is 24.5 Å². The summed E-state index contributed by atoms with van der Waals surface area (Å²) < 4.78 is 0. The molecule has 1 atom stereocenters. The van der Waals surface area contributed by atoms with Gasteiger partial charge in [-0.05, 0) is 36.9 Å². The molecule has 0 saturated carbocycles. The van der Waals surface area contributed by atoms with Crippen molar-refractivity contribution >= 4 is 5.97 Å². The number of pyridine rings is 1. The van der Waals surface area contributed by atoms with Gasteiger partial charge in [-0.2, -0.15) is 0 Å². The van der Waals surface area contributed by atoms with Crippen molar-refractivity contribution in [2.45, 2.75) is 25.8 Å². The smallest absolute Gasteiger partial charge is 0.303 e. The SMILES string of the molecule is O=C(O)CC1CCCN(Cc2cccnc2)C1. The lowest BCUT2D eigenvalue weighted by atomic mass is 9.94. The van der Waals surface area contributed by atoms with E-state index in [4.69, 9.17) is 5.11 Å². The number of likely N-dealkylation sites (tertiary alicyclic amines) is 1. The van der Waals surface area contributed by atoms with E-state index < -0.39 is 5.97 Å². The molecule has 4 heteroatoms. The summed E-state index contributed by atoms with van der Waals surface area (Å²) >= 11 is 0. The summed E-state index contributed by atoms with van der Waals surface area (Å²) in [6.07, 6.45) is 6.07. The molecule has 17 heavy (non-hydrogen) atoms. The number of aromatic nitrogens is 1. The molecule has 1 aliphatic rings. The summed E-state index contributed by atoms with van der Waals surface area (Å²) in [6, 6.07) is 4.00. The first-order chi connectivity index (χ1) is 8.24. The first-order valence-electron chi connectivity index (χ1n) is 6.07. The van der Waals surface area contributed by atoms with E-state index in [1.165, 1.54) is 5.56 Å². The quantitative estimate of drug-likeness (QED) is 0.862. The Morgan fingerprint density at radius 3 is 3.18 bits per heavy atom. The maximum absolute atomic E-state index is 10.7. The highest BCUT2D eigenvalue weighted by atomic mass is 16.4. The van der Waals surface area contributed by atoms with Gasteiger partial charge in [0.1, 0.15) is 0 Å². The van der Waals surface area contributed by atoms with Crippen molar-refractivity contribution in [1.82, 2.24) is 9.88 Å². The first kappa shape index (κ1) is 12.0. The largest absolute Gasteiger partial charge is 0.481 e. The van der Waals surface area contributed by atoms with Gasteiger partial charge in [-0.25, -0.2) is 0 Å². The van der Waals surface area contributed by atoms with Crippen LogP contribution in [0, 0.1) is 5.92 Å². The molecule has 1 aliphatic heterocycles. The summed E-state index contributed by atoms with van der Waals surface area (Å²) in [5, 5.41) is 8.81. The van der Waals surface area contributed by atoms with E-state index in [1.807, 2.05) is 12.3 Å². The number of carboxylic acid groups (broad SMARTS) is 1. The topological polar surface area (TPSA) is 53.4 Å². The summed E-state index contributed by atoms with van der Waals surface area (Å²) in [7, 11) is 0. The number of hydrogen-bond acceptors (Lipinski definition) is 3. The van der Waals surface area contributed by atoms with Gasteiger partial charge in [0.05, 0.1) is 0 Å². The second kappa shape index (κ2) is 5.77. The van der Waals surface area contributed by atoms with E-state index >= 15 is 0 Å². The molecule has 1 N–H and O–H groups in total. The molecule has 0 amide bonds. The molecule has 1 unspecified atom stereocenters. The zero-order valence-corrected chi connectivity index (χ0v) is 9.88. The lowest BCUT2D eigenvalue weighted by molar-refractivity contribution is -0.138. The van der Waals surface area contributed by atoms with Crippen LogP contribution in [0.1, 0.15) is 24.8 Å². The van der Waals surface area contributed by atoms with Crippen LogP contribution in [0.25, 0.3) is 0 Å². The molecule has 1 aromatic rings. The zero-order valence-electron chi connectivity index (χ0n) is 9.88. The van der Waals surface area contributed by atoms with Crippen LogP contribution in [0.2, 0.25) is 0 Å². The lowest BCUT2D eigenvalue weighted by Gasteiger charge is -2.31. The van der Waals surface area contributed by atoms with Crippen molar-refractivity contribution in [3.63, 3.8) is 0 Å². The minimum absolute atomic E-state index is 0.295. The van der Waals surface area contributed by atoms with E-state index in [-0.39, 0.29) is 0 Å². The number of carboxylic acids is 1. The normalized spacial score (nSPS) is 21.3. The maximum atomic E-state index is 10.7. The number of hydrogen-bond donors (Lipinski definition) is 1. The Hall–Kier alpha value is -1.42. The van der Waals surface area contributed by atoms with Crippen LogP contribution < -0.4 is 0 Å². The van der Waals surface area contributed by atoms with Crippen molar-refractivity contribution in [2.24, 2.45) is 5.92 Å². The number of rotatable bonds is 4.